The van der Waals surface area contributed by atoms with Gasteiger partial charge in [0.25, 0.3) is 0 Å². The molecule has 0 amide bonds. The third-order valence-corrected chi connectivity index (χ3v) is 6.96. The summed E-state index contributed by atoms with van der Waals surface area (Å²) in [5, 5.41) is 12.2. The van der Waals surface area contributed by atoms with Gasteiger partial charge in [0.05, 0.1) is 18.7 Å². The molecular formula is C28H34N2O2. The molecule has 4 rings (SSSR count). The van der Waals surface area contributed by atoms with Crippen molar-refractivity contribution < 1.29 is 9.84 Å². The van der Waals surface area contributed by atoms with Gasteiger partial charge in [-0.1, -0.05) is 43.3 Å². The van der Waals surface area contributed by atoms with Gasteiger partial charge < -0.3 is 9.84 Å². The molecule has 32 heavy (non-hydrogen) atoms. The van der Waals surface area contributed by atoms with Crippen LogP contribution >= 0.6 is 0 Å². The molecule has 2 aromatic carbocycles. The van der Waals surface area contributed by atoms with Gasteiger partial charge in [-0.2, -0.15) is 0 Å². The average molecular weight is 431 g/mol. The zero-order chi connectivity index (χ0) is 22.5. The molecule has 168 valence electrons. The molecule has 1 fully saturated rings. The Bertz CT molecular complexity index is 1040. The fourth-order valence-corrected chi connectivity index (χ4v) is 5.09. The summed E-state index contributed by atoms with van der Waals surface area (Å²) in [6.45, 7) is 9.40. The van der Waals surface area contributed by atoms with Crippen LogP contribution in [0.25, 0.3) is 10.9 Å². The van der Waals surface area contributed by atoms with Crippen LogP contribution in [0.3, 0.4) is 0 Å². The van der Waals surface area contributed by atoms with Gasteiger partial charge in [-0.3, -0.25) is 9.88 Å². The molecular weight excluding hydrogens is 396 g/mol. The molecule has 1 N–H and O–H groups in total. The lowest BCUT2D eigenvalue weighted by atomic mass is 9.77. The molecule has 0 aliphatic carbocycles. The van der Waals surface area contributed by atoms with Crippen molar-refractivity contribution in [1.29, 1.82) is 0 Å². The number of hydrogen-bond acceptors (Lipinski definition) is 4. The molecule has 3 aromatic rings. The highest BCUT2D eigenvalue weighted by Crippen LogP contribution is 2.37. The van der Waals surface area contributed by atoms with Crippen LogP contribution in [0.1, 0.15) is 37.0 Å². The predicted octanol–water partition coefficient (Wildman–Crippen LogP) is 5.63. The van der Waals surface area contributed by atoms with Crippen molar-refractivity contribution >= 4 is 10.9 Å². The summed E-state index contributed by atoms with van der Waals surface area (Å²) < 4.78 is 5.40. The summed E-state index contributed by atoms with van der Waals surface area (Å²) in [7, 11) is 1.66. The van der Waals surface area contributed by atoms with E-state index in [1.807, 2.05) is 24.3 Å². The Morgan fingerprint density at radius 1 is 1.22 bits per heavy atom. The number of nitrogens with zero attached hydrogens (tertiary/aromatic N) is 2. The second-order valence-electron chi connectivity index (χ2n) is 9.11. The van der Waals surface area contributed by atoms with E-state index in [-0.39, 0.29) is 5.92 Å². The molecule has 4 nitrogen and oxygen atoms in total. The number of hydrogen-bond donors (Lipinski definition) is 1. The number of benzene rings is 2. The first kappa shape index (κ1) is 22.5. The van der Waals surface area contributed by atoms with Gasteiger partial charge in [0.1, 0.15) is 5.75 Å². The lowest BCUT2D eigenvalue weighted by Crippen LogP contribution is -2.40. The summed E-state index contributed by atoms with van der Waals surface area (Å²) in [5.41, 5.74) is 3.17. The number of aliphatic hydroxyl groups excluding tert-OH is 1. The maximum absolute atomic E-state index is 11.3. The highest BCUT2D eigenvalue weighted by molar-refractivity contribution is 5.83. The molecule has 0 saturated carbocycles. The van der Waals surface area contributed by atoms with E-state index < -0.39 is 6.10 Å². The van der Waals surface area contributed by atoms with E-state index in [0.717, 1.165) is 54.7 Å². The van der Waals surface area contributed by atoms with E-state index in [0.29, 0.717) is 11.8 Å². The van der Waals surface area contributed by atoms with Crippen molar-refractivity contribution in [2.75, 3.05) is 20.2 Å². The lowest BCUT2D eigenvalue weighted by Gasteiger charge is -2.39. The first-order chi connectivity index (χ1) is 15.6. The normalized spacial score (nSPS) is 21.2. The molecule has 1 aliphatic rings. The number of likely N-dealkylation sites (tertiary alicyclic amines) is 1. The van der Waals surface area contributed by atoms with Crippen molar-refractivity contribution in [3.05, 3.63) is 84.6 Å². The van der Waals surface area contributed by atoms with Gasteiger partial charge in [-0.05, 0) is 72.5 Å². The highest BCUT2D eigenvalue weighted by atomic mass is 16.5. The number of methoxy groups -OCH3 is 1. The lowest BCUT2D eigenvalue weighted by molar-refractivity contribution is 0.0722. The molecule has 0 spiro atoms. The van der Waals surface area contributed by atoms with Crippen molar-refractivity contribution in [2.24, 2.45) is 17.8 Å². The fourth-order valence-electron chi connectivity index (χ4n) is 5.09. The molecule has 2 heterocycles. The largest absolute Gasteiger partial charge is 0.497 e. The fraction of sp³-hybridized carbons (Fsp3) is 0.393. The quantitative estimate of drug-likeness (QED) is 0.471. The summed E-state index contributed by atoms with van der Waals surface area (Å²) in [4.78, 5) is 6.99. The zero-order valence-corrected chi connectivity index (χ0v) is 19.2. The van der Waals surface area contributed by atoms with E-state index >= 15 is 0 Å². The Morgan fingerprint density at radius 3 is 2.78 bits per heavy atom. The molecule has 1 aliphatic heterocycles. The van der Waals surface area contributed by atoms with Crippen LogP contribution in [-0.4, -0.2) is 35.2 Å². The molecule has 4 heteroatoms. The highest BCUT2D eigenvalue weighted by Gasteiger charge is 2.30. The first-order valence-electron chi connectivity index (χ1n) is 11.6. The Labute approximate surface area is 191 Å². The van der Waals surface area contributed by atoms with E-state index in [9.17, 15) is 5.11 Å². The van der Waals surface area contributed by atoms with E-state index in [1.54, 1.807) is 13.3 Å². The van der Waals surface area contributed by atoms with E-state index in [4.69, 9.17) is 4.74 Å². The maximum atomic E-state index is 11.3. The van der Waals surface area contributed by atoms with Crippen LogP contribution in [0.5, 0.6) is 5.75 Å². The van der Waals surface area contributed by atoms with Crippen molar-refractivity contribution in [2.45, 2.75) is 32.4 Å². The second-order valence-corrected chi connectivity index (χ2v) is 9.11. The third-order valence-electron chi connectivity index (χ3n) is 6.96. The van der Waals surface area contributed by atoms with Gasteiger partial charge in [0.2, 0.25) is 0 Å². The maximum Gasteiger partial charge on any atom is 0.119 e. The predicted molar refractivity (Wildman–Crippen MR) is 131 cm³/mol. The van der Waals surface area contributed by atoms with Gasteiger partial charge in [-0.15, -0.1) is 6.58 Å². The molecule has 2 unspecified atom stereocenters. The first-order valence-corrected chi connectivity index (χ1v) is 11.6. The number of rotatable bonds is 8. The number of ether oxygens (including phenoxy) is 1. The Balaban J connectivity index is 1.44. The smallest absolute Gasteiger partial charge is 0.119 e. The van der Waals surface area contributed by atoms with Gasteiger partial charge in [-0.25, -0.2) is 0 Å². The number of fused-ring (bicyclic) bond motifs is 1. The van der Waals surface area contributed by atoms with E-state index in [2.05, 4.69) is 59.8 Å². The number of aliphatic hydroxyl groups is 1. The SMILES string of the molecule is C=CC1CN(Cc2ccccc2)CCC1C[C@@H](C)[C@@H](O)c1ccnc2ccc(OC)cc12. The Kier molecular flexibility index (Phi) is 7.23. The molecule has 0 bridgehead atoms. The van der Waals surface area contributed by atoms with Crippen molar-refractivity contribution in [3.63, 3.8) is 0 Å². The van der Waals surface area contributed by atoms with Crippen molar-refractivity contribution in [1.82, 2.24) is 9.88 Å². The third kappa shape index (κ3) is 5.03. The van der Waals surface area contributed by atoms with Crippen LogP contribution in [0, 0.1) is 17.8 Å². The minimum Gasteiger partial charge on any atom is -0.497 e. The Morgan fingerprint density at radius 2 is 2.03 bits per heavy atom. The van der Waals surface area contributed by atoms with Crippen LogP contribution in [0.15, 0.2) is 73.4 Å². The summed E-state index contributed by atoms with van der Waals surface area (Å²) in [6, 6.07) is 18.4. The van der Waals surface area contributed by atoms with Crippen LogP contribution in [0.4, 0.5) is 0 Å². The molecule has 0 radical (unpaired) electrons. The number of piperidine rings is 1. The van der Waals surface area contributed by atoms with Crippen LogP contribution < -0.4 is 4.74 Å². The topological polar surface area (TPSA) is 45.6 Å². The molecule has 1 aromatic heterocycles. The minimum absolute atomic E-state index is 0.139. The number of pyridine rings is 1. The Hall–Kier alpha value is -2.69. The average Bonchev–Trinajstić information content (AvgIpc) is 2.84. The number of aromatic nitrogens is 1. The standard InChI is InChI=1S/C28H34N2O2/c1-4-22-19-30(18-21-8-6-5-7-9-21)15-13-23(22)16-20(2)28(31)25-12-14-29-27-11-10-24(32-3)17-26(25)27/h4-12,14,17,20,22-23,28,31H,1,13,15-16,18-19H2,2-3H3/t20-,22?,23?,28-/m1/s1. The summed E-state index contributed by atoms with van der Waals surface area (Å²) >= 11 is 0. The van der Waals surface area contributed by atoms with Crippen LogP contribution in [-0.2, 0) is 6.54 Å². The summed E-state index contributed by atoms with van der Waals surface area (Å²) in [6.07, 6.45) is 5.47. The molecule has 1 saturated heterocycles. The van der Waals surface area contributed by atoms with Gasteiger partial charge in [0.15, 0.2) is 0 Å². The van der Waals surface area contributed by atoms with Gasteiger partial charge in [0, 0.05) is 24.7 Å². The monoisotopic (exact) mass is 430 g/mol. The van der Waals surface area contributed by atoms with E-state index in [1.165, 1.54) is 5.56 Å². The summed E-state index contributed by atoms with van der Waals surface area (Å²) in [5.74, 6) is 1.90. The zero-order valence-electron chi connectivity index (χ0n) is 19.2. The molecule has 4 atom stereocenters. The second kappa shape index (κ2) is 10.3. The van der Waals surface area contributed by atoms with Crippen LogP contribution in [0.2, 0.25) is 0 Å². The van der Waals surface area contributed by atoms with Gasteiger partial charge >= 0.3 is 0 Å². The van der Waals surface area contributed by atoms with Crippen molar-refractivity contribution in [3.8, 4) is 5.75 Å². The minimum atomic E-state index is -0.541.